The lowest BCUT2D eigenvalue weighted by molar-refractivity contribution is 0.0453. The Morgan fingerprint density at radius 1 is 1.16 bits per heavy atom. The minimum Gasteiger partial charge on any atom is -0.467 e. The molecule has 1 heterocycles. The molecule has 0 radical (unpaired) electrons. The van der Waals surface area contributed by atoms with E-state index < -0.39 is 0 Å². The molecule has 0 saturated carbocycles. The first-order valence-corrected chi connectivity index (χ1v) is 8.07. The monoisotopic (exact) mass is 459 g/mol. The van der Waals surface area contributed by atoms with Crippen molar-refractivity contribution in [2.45, 2.75) is 26.6 Å². The van der Waals surface area contributed by atoms with E-state index >= 15 is 0 Å². The molecule has 0 fully saturated rings. The van der Waals surface area contributed by atoms with Crippen molar-refractivity contribution < 1.29 is 13.9 Å². The van der Waals surface area contributed by atoms with Gasteiger partial charge in [0.15, 0.2) is 5.96 Å². The van der Waals surface area contributed by atoms with Gasteiger partial charge in [-0.05, 0) is 30.2 Å². The van der Waals surface area contributed by atoms with Crippen LogP contribution in [0.3, 0.4) is 0 Å². The quantitative estimate of drug-likeness (QED) is 0.247. The van der Waals surface area contributed by atoms with E-state index in [1.54, 1.807) is 6.26 Å². The second-order valence-electron chi connectivity index (χ2n) is 5.20. The number of furan rings is 1. The Hall–Kier alpha value is -1.58. The van der Waals surface area contributed by atoms with Crippen molar-refractivity contribution in [3.8, 4) is 0 Å². The van der Waals surface area contributed by atoms with E-state index in [0.717, 1.165) is 16.9 Å². The Labute approximate surface area is 165 Å². The Morgan fingerprint density at radius 3 is 2.72 bits per heavy atom. The number of halogens is 1. The van der Waals surface area contributed by atoms with Crippen molar-refractivity contribution in [3.05, 3.63) is 59.5 Å². The van der Waals surface area contributed by atoms with Gasteiger partial charge >= 0.3 is 0 Å². The van der Waals surface area contributed by atoms with Gasteiger partial charge < -0.3 is 24.9 Å². The van der Waals surface area contributed by atoms with Gasteiger partial charge in [0.25, 0.3) is 0 Å². The van der Waals surface area contributed by atoms with Crippen molar-refractivity contribution in [2.75, 3.05) is 19.8 Å². The zero-order chi connectivity index (χ0) is 17.0. The van der Waals surface area contributed by atoms with Gasteiger partial charge in [0.1, 0.15) is 5.76 Å². The fourth-order valence-electron chi connectivity index (χ4n) is 2.09. The Balaban J connectivity index is 0.00000312. The van der Waals surface area contributed by atoms with Crippen LogP contribution in [0.1, 0.15) is 23.8 Å². The molecule has 138 valence electrons. The first-order chi connectivity index (χ1) is 11.8. The summed E-state index contributed by atoms with van der Waals surface area (Å²) in [6, 6.07) is 11.9. The van der Waals surface area contributed by atoms with Crippen LogP contribution >= 0.6 is 24.0 Å². The molecule has 2 aromatic rings. The molecular formula is C18H26IN3O3. The molecule has 25 heavy (non-hydrogen) atoms. The van der Waals surface area contributed by atoms with Gasteiger partial charge in [-0.15, -0.1) is 24.0 Å². The highest BCUT2D eigenvalue weighted by molar-refractivity contribution is 14.0. The molecule has 0 aliphatic carbocycles. The molecule has 6 nitrogen and oxygen atoms in total. The van der Waals surface area contributed by atoms with E-state index in [-0.39, 0.29) is 24.0 Å². The summed E-state index contributed by atoms with van der Waals surface area (Å²) in [7, 11) is 0. The summed E-state index contributed by atoms with van der Waals surface area (Å²) in [4.78, 5) is 4.34. The summed E-state index contributed by atoms with van der Waals surface area (Å²) in [5.74, 6) is 1.21. The van der Waals surface area contributed by atoms with Crippen molar-refractivity contribution >= 4 is 29.9 Å². The largest absolute Gasteiger partial charge is 0.467 e. The topological polar surface area (TPSA) is 82.0 Å². The first-order valence-electron chi connectivity index (χ1n) is 8.07. The maximum Gasteiger partial charge on any atom is 0.189 e. The standard InChI is InChI=1S/C18H25N3O3.HI/c1-2-22-9-10-23-14-16-6-3-5-15(11-16)12-20-18(19)21-13-17-7-4-8-24-17;/h3-8,11H,2,9-10,12-14H2,1H3,(H3,19,20,21);1H. The number of nitrogens with one attached hydrogen (secondary N) is 1. The minimum absolute atomic E-state index is 0. The third-order valence-electron chi connectivity index (χ3n) is 3.29. The minimum atomic E-state index is 0. The maximum absolute atomic E-state index is 5.86. The van der Waals surface area contributed by atoms with E-state index in [2.05, 4.69) is 16.4 Å². The van der Waals surface area contributed by atoms with E-state index in [1.807, 2.05) is 37.3 Å². The van der Waals surface area contributed by atoms with Crippen LogP contribution in [0.25, 0.3) is 0 Å². The predicted molar refractivity (Wildman–Crippen MR) is 109 cm³/mol. The number of ether oxygens (including phenoxy) is 2. The fraction of sp³-hybridized carbons (Fsp3) is 0.389. The predicted octanol–water partition coefficient (Wildman–Crippen LogP) is 3.06. The van der Waals surface area contributed by atoms with Gasteiger partial charge in [-0.25, -0.2) is 4.99 Å². The summed E-state index contributed by atoms with van der Waals surface area (Å²) in [5.41, 5.74) is 8.06. The lowest BCUT2D eigenvalue weighted by Crippen LogP contribution is -2.30. The maximum atomic E-state index is 5.86. The van der Waals surface area contributed by atoms with Crippen LogP contribution in [0, 0.1) is 0 Å². The second kappa shape index (κ2) is 12.7. The fourth-order valence-corrected chi connectivity index (χ4v) is 2.09. The molecule has 0 aliphatic rings. The molecule has 1 aromatic heterocycles. The first kappa shape index (κ1) is 21.5. The number of nitrogens with two attached hydrogens (primary N) is 1. The van der Waals surface area contributed by atoms with Gasteiger partial charge in [-0.1, -0.05) is 24.3 Å². The molecule has 0 amide bonds. The molecule has 2 rings (SSSR count). The average Bonchev–Trinajstić information content (AvgIpc) is 3.12. The Kier molecular flexibility index (Phi) is 10.9. The van der Waals surface area contributed by atoms with Crippen LogP contribution in [0.2, 0.25) is 0 Å². The zero-order valence-corrected chi connectivity index (χ0v) is 16.8. The lowest BCUT2D eigenvalue weighted by atomic mass is 10.1. The summed E-state index contributed by atoms with van der Waals surface area (Å²) >= 11 is 0. The highest BCUT2D eigenvalue weighted by Crippen LogP contribution is 2.08. The van der Waals surface area contributed by atoms with Crippen molar-refractivity contribution in [1.82, 2.24) is 5.32 Å². The van der Waals surface area contributed by atoms with Crippen molar-refractivity contribution in [3.63, 3.8) is 0 Å². The number of guanidine groups is 1. The Bertz CT molecular complexity index is 618. The zero-order valence-electron chi connectivity index (χ0n) is 14.4. The summed E-state index contributed by atoms with van der Waals surface area (Å²) in [6.07, 6.45) is 1.63. The van der Waals surface area contributed by atoms with Crippen molar-refractivity contribution in [1.29, 1.82) is 0 Å². The summed E-state index contributed by atoms with van der Waals surface area (Å²) in [6.45, 7) is 5.51. The molecule has 0 aliphatic heterocycles. The molecule has 3 N–H and O–H groups in total. The van der Waals surface area contributed by atoms with Crippen LogP contribution < -0.4 is 11.1 Å². The van der Waals surface area contributed by atoms with E-state index in [0.29, 0.717) is 45.5 Å². The smallest absolute Gasteiger partial charge is 0.189 e. The highest BCUT2D eigenvalue weighted by atomic mass is 127. The van der Waals surface area contributed by atoms with Gasteiger partial charge in [-0.3, -0.25) is 0 Å². The van der Waals surface area contributed by atoms with Crippen LogP contribution in [0.15, 0.2) is 52.1 Å². The van der Waals surface area contributed by atoms with E-state index in [1.165, 1.54) is 0 Å². The molecule has 0 bridgehead atoms. The molecule has 7 heteroatoms. The average molecular weight is 459 g/mol. The number of hydrogen-bond donors (Lipinski definition) is 2. The number of aliphatic imine (C=N–C) groups is 1. The molecular weight excluding hydrogens is 433 g/mol. The van der Waals surface area contributed by atoms with Crippen LogP contribution in [0.4, 0.5) is 0 Å². The van der Waals surface area contributed by atoms with Gasteiger partial charge in [0.05, 0.1) is 39.2 Å². The third kappa shape index (κ3) is 8.89. The van der Waals surface area contributed by atoms with E-state index in [9.17, 15) is 0 Å². The second-order valence-corrected chi connectivity index (χ2v) is 5.20. The summed E-state index contributed by atoms with van der Waals surface area (Å²) < 4.78 is 16.0. The van der Waals surface area contributed by atoms with Crippen LogP contribution in [0.5, 0.6) is 0 Å². The molecule has 0 saturated heterocycles. The number of rotatable bonds is 10. The lowest BCUT2D eigenvalue weighted by Gasteiger charge is -2.07. The molecule has 0 spiro atoms. The molecule has 1 aromatic carbocycles. The highest BCUT2D eigenvalue weighted by Gasteiger charge is 1.99. The number of benzene rings is 1. The normalized spacial score (nSPS) is 11.2. The van der Waals surface area contributed by atoms with E-state index in [4.69, 9.17) is 19.6 Å². The van der Waals surface area contributed by atoms with Gasteiger partial charge in [0, 0.05) is 6.61 Å². The third-order valence-corrected chi connectivity index (χ3v) is 3.29. The number of nitrogens with zero attached hydrogens (tertiary/aromatic N) is 1. The van der Waals surface area contributed by atoms with Crippen molar-refractivity contribution in [2.24, 2.45) is 10.7 Å². The number of hydrogen-bond acceptors (Lipinski definition) is 4. The van der Waals surface area contributed by atoms with Crippen LogP contribution in [-0.2, 0) is 29.2 Å². The SMILES string of the molecule is CCOCCOCc1cccc(CN=C(N)NCc2ccco2)c1.I. The van der Waals surface area contributed by atoms with Gasteiger partial charge in [0.2, 0.25) is 0 Å². The summed E-state index contributed by atoms with van der Waals surface area (Å²) in [5, 5.41) is 3.02. The van der Waals surface area contributed by atoms with Crippen LogP contribution in [-0.4, -0.2) is 25.8 Å². The molecule has 0 unspecified atom stereocenters. The Morgan fingerprint density at radius 2 is 1.96 bits per heavy atom. The molecule has 0 atom stereocenters. The van der Waals surface area contributed by atoms with Gasteiger partial charge in [-0.2, -0.15) is 0 Å².